The Morgan fingerprint density at radius 3 is 2.65 bits per heavy atom. The Labute approximate surface area is 109 Å². The molecule has 0 atom stereocenters. The minimum atomic E-state index is 0.103. The van der Waals surface area contributed by atoms with Gasteiger partial charge in [0.2, 0.25) is 6.41 Å². The van der Waals surface area contributed by atoms with Gasteiger partial charge in [-0.3, -0.25) is 4.79 Å². The Hall–Kier alpha value is -1.01. The van der Waals surface area contributed by atoms with Gasteiger partial charge >= 0.3 is 0 Å². The number of amides is 1. The van der Waals surface area contributed by atoms with E-state index in [0.29, 0.717) is 35.2 Å². The summed E-state index contributed by atoms with van der Waals surface area (Å²) in [6.07, 6.45) is 0.596. The lowest BCUT2D eigenvalue weighted by atomic mass is 10.2. The number of benzene rings is 1. The number of carbonyl (C=O) groups is 1. The highest BCUT2D eigenvalue weighted by atomic mass is 35.5. The standard InChI is InChI=1S/C7H6Cl2O.C3H8N2O2/c1-4-2-5(8)3-6(9)7(4)10;4-7-2-1-5-3-6/h2-3,10H,1H3;3H,1-2,4H2,(H,5,6). The normalized spacial score (nSPS) is 9.18. The minimum Gasteiger partial charge on any atom is -0.506 e. The summed E-state index contributed by atoms with van der Waals surface area (Å²) in [6, 6.07) is 3.16. The molecular weight excluding hydrogens is 267 g/mol. The molecule has 96 valence electrons. The first-order valence-corrected chi connectivity index (χ1v) is 5.41. The number of aryl methyl sites for hydroxylation is 1. The molecule has 0 aromatic heterocycles. The van der Waals surface area contributed by atoms with Crippen LogP contribution in [0.15, 0.2) is 12.1 Å². The number of aromatic hydroxyl groups is 1. The first-order chi connectivity index (χ1) is 8.02. The van der Waals surface area contributed by atoms with Crippen molar-refractivity contribution in [1.82, 2.24) is 5.32 Å². The average Bonchev–Trinajstić information content (AvgIpc) is 2.27. The summed E-state index contributed by atoms with van der Waals surface area (Å²) < 4.78 is 0. The molecule has 0 spiro atoms. The molecule has 0 unspecified atom stereocenters. The fourth-order valence-electron chi connectivity index (χ4n) is 0.871. The lowest BCUT2D eigenvalue weighted by molar-refractivity contribution is -0.109. The average molecular weight is 281 g/mol. The number of hydrogen-bond donors (Lipinski definition) is 3. The smallest absolute Gasteiger partial charge is 0.207 e. The van der Waals surface area contributed by atoms with Crippen LogP contribution in [0.25, 0.3) is 0 Å². The molecule has 7 heteroatoms. The molecular formula is C10H14Cl2N2O3. The lowest BCUT2D eigenvalue weighted by Gasteiger charge is -2.00. The molecule has 0 saturated heterocycles. The van der Waals surface area contributed by atoms with Crippen molar-refractivity contribution in [2.45, 2.75) is 6.92 Å². The Kier molecular flexibility index (Phi) is 8.53. The largest absolute Gasteiger partial charge is 0.506 e. The lowest BCUT2D eigenvalue weighted by Crippen LogP contribution is -2.19. The topological polar surface area (TPSA) is 84.6 Å². The van der Waals surface area contributed by atoms with Crippen LogP contribution in [0, 0.1) is 6.92 Å². The van der Waals surface area contributed by atoms with Gasteiger partial charge < -0.3 is 15.3 Å². The Morgan fingerprint density at radius 1 is 1.53 bits per heavy atom. The van der Waals surface area contributed by atoms with Gasteiger partial charge in [-0.1, -0.05) is 23.2 Å². The summed E-state index contributed by atoms with van der Waals surface area (Å²) in [6.45, 7) is 2.58. The van der Waals surface area contributed by atoms with Crippen molar-refractivity contribution in [3.8, 4) is 5.75 Å². The summed E-state index contributed by atoms with van der Waals surface area (Å²) in [7, 11) is 0. The second-order valence-electron chi connectivity index (χ2n) is 3.00. The third-order valence-electron chi connectivity index (χ3n) is 1.67. The van der Waals surface area contributed by atoms with Crippen LogP contribution in [0.5, 0.6) is 5.75 Å². The molecule has 0 radical (unpaired) electrons. The maximum atomic E-state index is 9.47. The van der Waals surface area contributed by atoms with Gasteiger partial charge in [0.05, 0.1) is 11.6 Å². The summed E-state index contributed by atoms with van der Waals surface area (Å²) in [5.41, 5.74) is 0.692. The quantitative estimate of drug-likeness (QED) is 0.445. The third kappa shape index (κ3) is 7.01. The van der Waals surface area contributed by atoms with E-state index in [2.05, 4.69) is 16.1 Å². The fraction of sp³-hybridized carbons (Fsp3) is 0.300. The van der Waals surface area contributed by atoms with E-state index in [-0.39, 0.29) is 5.75 Å². The second kappa shape index (κ2) is 9.07. The van der Waals surface area contributed by atoms with E-state index in [1.54, 1.807) is 13.0 Å². The van der Waals surface area contributed by atoms with E-state index in [1.165, 1.54) is 6.07 Å². The maximum absolute atomic E-state index is 9.47. The summed E-state index contributed by atoms with van der Waals surface area (Å²) in [4.78, 5) is 13.6. The first kappa shape index (κ1) is 16.0. The van der Waals surface area contributed by atoms with Gasteiger partial charge in [-0.15, -0.1) is 0 Å². The molecule has 1 aromatic rings. The van der Waals surface area contributed by atoms with Gasteiger partial charge in [-0.25, -0.2) is 5.90 Å². The Balaban J connectivity index is 0.000000325. The molecule has 0 heterocycles. The highest BCUT2D eigenvalue weighted by Crippen LogP contribution is 2.29. The molecule has 0 fully saturated rings. The summed E-state index contributed by atoms with van der Waals surface area (Å²) >= 11 is 11.2. The minimum absolute atomic E-state index is 0.103. The Morgan fingerprint density at radius 2 is 2.18 bits per heavy atom. The van der Waals surface area contributed by atoms with Crippen LogP contribution in [0.1, 0.15) is 5.56 Å². The van der Waals surface area contributed by atoms with Crippen LogP contribution in [0.3, 0.4) is 0 Å². The number of rotatable bonds is 4. The van der Waals surface area contributed by atoms with E-state index >= 15 is 0 Å². The number of nitrogens with two attached hydrogens (primary N) is 1. The number of phenolic OH excluding ortho intramolecular Hbond substituents is 1. The zero-order valence-corrected chi connectivity index (χ0v) is 10.8. The van der Waals surface area contributed by atoms with Crippen LogP contribution in [0.2, 0.25) is 10.0 Å². The van der Waals surface area contributed by atoms with Crippen molar-refractivity contribution in [1.29, 1.82) is 0 Å². The fourth-order valence-corrected chi connectivity index (χ4v) is 1.47. The molecule has 0 aliphatic heterocycles. The zero-order chi connectivity index (χ0) is 13.3. The van der Waals surface area contributed by atoms with E-state index in [0.717, 1.165) is 0 Å². The molecule has 0 aliphatic rings. The van der Waals surface area contributed by atoms with Gasteiger partial charge in [0.15, 0.2) is 0 Å². The highest BCUT2D eigenvalue weighted by molar-refractivity contribution is 6.35. The molecule has 5 nitrogen and oxygen atoms in total. The van der Waals surface area contributed by atoms with Gasteiger partial charge in [0.1, 0.15) is 5.75 Å². The van der Waals surface area contributed by atoms with Crippen molar-refractivity contribution in [2.75, 3.05) is 13.2 Å². The third-order valence-corrected chi connectivity index (χ3v) is 2.17. The van der Waals surface area contributed by atoms with Crippen molar-refractivity contribution in [3.05, 3.63) is 27.7 Å². The number of halogens is 2. The van der Waals surface area contributed by atoms with Crippen LogP contribution in [0.4, 0.5) is 0 Å². The Bertz CT molecular complexity index is 338. The van der Waals surface area contributed by atoms with Crippen LogP contribution in [-0.2, 0) is 9.63 Å². The van der Waals surface area contributed by atoms with Gasteiger partial charge in [-0.05, 0) is 24.6 Å². The zero-order valence-electron chi connectivity index (χ0n) is 9.24. The van der Waals surface area contributed by atoms with Crippen molar-refractivity contribution in [2.24, 2.45) is 5.90 Å². The molecule has 0 bridgehead atoms. The van der Waals surface area contributed by atoms with Crippen LogP contribution < -0.4 is 11.2 Å². The van der Waals surface area contributed by atoms with Crippen molar-refractivity contribution in [3.63, 3.8) is 0 Å². The van der Waals surface area contributed by atoms with Gasteiger partial charge in [-0.2, -0.15) is 0 Å². The number of hydrogen-bond acceptors (Lipinski definition) is 4. The molecule has 0 saturated carbocycles. The van der Waals surface area contributed by atoms with E-state index < -0.39 is 0 Å². The van der Waals surface area contributed by atoms with Gasteiger partial charge in [0, 0.05) is 11.6 Å². The van der Waals surface area contributed by atoms with E-state index in [9.17, 15) is 4.79 Å². The van der Waals surface area contributed by atoms with Crippen molar-refractivity contribution >= 4 is 29.6 Å². The molecule has 17 heavy (non-hydrogen) atoms. The summed E-state index contributed by atoms with van der Waals surface area (Å²) in [5.74, 6) is 4.72. The summed E-state index contributed by atoms with van der Waals surface area (Å²) in [5, 5.41) is 12.3. The number of carbonyl (C=O) groups excluding carboxylic acids is 1. The SMILES string of the molecule is Cc1cc(Cl)cc(Cl)c1O.NOCCNC=O. The molecule has 1 amide bonds. The highest BCUT2D eigenvalue weighted by Gasteiger charge is 2.02. The second-order valence-corrected chi connectivity index (χ2v) is 3.84. The van der Waals surface area contributed by atoms with E-state index in [4.69, 9.17) is 28.3 Å². The first-order valence-electron chi connectivity index (χ1n) is 4.66. The van der Waals surface area contributed by atoms with Crippen LogP contribution in [-0.4, -0.2) is 24.7 Å². The molecule has 1 aromatic carbocycles. The number of phenols is 1. The van der Waals surface area contributed by atoms with Gasteiger partial charge in [0.25, 0.3) is 0 Å². The number of nitrogens with one attached hydrogen (secondary N) is 1. The molecule has 0 aliphatic carbocycles. The van der Waals surface area contributed by atoms with E-state index in [1.807, 2.05) is 0 Å². The molecule has 1 rings (SSSR count). The predicted molar refractivity (Wildman–Crippen MR) is 67.1 cm³/mol. The maximum Gasteiger partial charge on any atom is 0.207 e. The van der Waals surface area contributed by atoms with Crippen LogP contribution >= 0.6 is 23.2 Å². The predicted octanol–water partition coefficient (Wildman–Crippen LogP) is 1.63. The monoisotopic (exact) mass is 280 g/mol. The van der Waals surface area contributed by atoms with Crippen molar-refractivity contribution < 1.29 is 14.7 Å². The molecule has 4 N–H and O–H groups in total.